The van der Waals surface area contributed by atoms with E-state index >= 15 is 0 Å². The normalized spacial score (nSPS) is 17.7. The van der Waals surface area contributed by atoms with Crippen LogP contribution < -0.4 is 0 Å². The van der Waals surface area contributed by atoms with Gasteiger partial charge < -0.3 is 14.2 Å². The van der Waals surface area contributed by atoms with Gasteiger partial charge in [-0.05, 0) is 45.9 Å². The molecule has 1 saturated heterocycles. The van der Waals surface area contributed by atoms with Gasteiger partial charge in [-0.25, -0.2) is 4.98 Å². The van der Waals surface area contributed by atoms with Crippen LogP contribution >= 0.6 is 0 Å². The molecule has 2 heterocycles. The van der Waals surface area contributed by atoms with Crippen LogP contribution in [0.1, 0.15) is 30.4 Å². The number of benzene rings is 1. The molecule has 1 aromatic carbocycles. The minimum absolute atomic E-state index is 0.278. The van der Waals surface area contributed by atoms with E-state index in [1.54, 1.807) is 0 Å². The molecule has 1 aromatic heterocycles. The third kappa shape index (κ3) is 4.10. The highest BCUT2D eigenvalue weighted by Gasteiger charge is 2.29. The van der Waals surface area contributed by atoms with Crippen LogP contribution in [-0.2, 0) is 11.3 Å². The second-order valence-electron chi connectivity index (χ2n) is 7.09. The monoisotopic (exact) mass is 341 g/mol. The van der Waals surface area contributed by atoms with Crippen LogP contribution in [0, 0.1) is 19.8 Å². The van der Waals surface area contributed by atoms with Crippen molar-refractivity contribution in [2.75, 3.05) is 26.7 Å². The number of hydrogen-bond acceptors (Lipinski definition) is 4. The molecule has 3 rings (SSSR count). The number of nitrogens with zero attached hydrogens (tertiary/aromatic N) is 3. The van der Waals surface area contributed by atoms with E-state index in [4.69, 9.17) is 9.40 Å². The average Bonchev–Trinajstić information content (AvgIpc) is 3.10. The molecule has 1 amide bonds. The Balaban J connectivity index is 1.64. The predicted molar refractivity (Wildman–Crippen MR) is 98.1 cm³/mol. The van der Waals surface area contributed by atoms with E-state index in [1.807, 2.05) is 30.9 Å². The molecule has 0 N–H and O–H groups in total. The van der Waals surface area contributed by atoms with Crippen LogP contribution in [0.25, 0.3) is 11.5 Å². The maximum atomic E-state index is 11.9. The third-order valence-electron chi connectivity index (χ3n) is 4.82. The van der Waals surface area contributed by atoms with Crippen molar-refractivity contribution in [3.8, 4) is 11.5 Å². The average molecular weight is 341 g/mol. The molecule has 2 aromatic rings. The number of carbonyl (C=O) groups is 1. The summed E-state index contributed by atoms with van der Waals surface area (Å²) in [5, 5.41) is 0. The van der Waals surface area contributed by atoms with Gasteiger partial charge in [-0.3, -0.25) is 4.79 Å². The molecule has 1 aliphatic heterocycles. The Bertz CT molecular complexity index is 753. The van der Waals surface area contributed by atoms with Crippen molar-refractivity contribution in [2.45, 2.75) is 33.7 Å². The number of amides is 1. The van der Waals surface area contributed by atoms with Crippen molar-refractivity contribution in [1.82, 2.24) is 14.8 Å². The lowest BCUT2D eigenvalue weighted by Crippen LogP contribution is -2.28. The molecule has 0 aliphatic carbocycles. The summed E-state index contributed by atoms with van der Waals surface area (Å²) < 4.78 is 5.88. The van der Waals surface area contributed by atoms with Crippen LogP contribution in [0.3, 0.4) is 0 Å². The number of carbonyl (C=O) groups excluding carboxylic acids is 1. The van der Waals surface area contributed by atoms with Gasteiger partial charge in [0.25, 0.3) is 0 Å². The SMILES string of the molecule is CCN1C[C@H](CN(C)Cc2nc(-c3cccc(C)c3)oc2C)CC1=O. The number of aromatic nitrogens is 1. The lowest BCUT2D eigenvalue weighted by atomic mass is 10.1. The number of likely N-dealkylation sites (tertiary alicyclic amines) is 1. The molecular weight excluding hydrogens is 314 g/mol. The molecule has 0 saturated carbocycles. The second kappa shape index (κ2) is 7.40. The van der Waals surface area contributed by atoms with Crippen molar-refractivity contribution in [3.05, 3.63) is 41.3 Å². The van der Waals surface area contributed by atoms with Gasteiger partial charge in [-0.1, -0.05) is 17.7 Å². The summed E-state index contributed by atoms with van der Waals surface area (Å²) in [6.45, 7) is 9.37. The highest BCUT2D eigenvalue weighted by Crippen LogP contribution is 2.24. The highest BCUT2D eigenvalue weighted by molar-refractivity contribution is 5.78. The summed E-state index contributed by atoms with van der Waals surface area (Å²) in [6.07, 6.45) is 0.657. The van der Waals surface area contributed by atoms with Crippen LogP contribution in [0.5, 0.6) is 0 Å². The Kier molecular flexibility index (Phi) is 5.23. The molecule has 0 bridgehead atoms. The Morgan fingerprint density at radius 2 is 2.16 bits per heavy atom. The zero-order valence-corrected chi connectivity index (χ0v) is 15.6. The van der Waals surface area contributed by atoms with E-state index in [1.165, 1.54) is 5.56 Å². The Morgan fingerprint density at radius 1 is 1.36 bits per heavy atom. The first-order valence-corrected chi connectivity index (χ1v) is 8.96. The van der Waals surface area contributed by atoms with Gasteiger partial charge in [0.2, 0.25) is 11.8 Å². The smallest absolute Gasteiger partial charge is 0.226 e. The molecule has 1 fully saturated rings. The predicted octanol–water partition coefficient (Wildman–Crippen LogP) is 3.26. The number of rotatable bonds is 6. The van der Waals surface area contributed by atoms with E-state index in [0.29, 0.717) is 18.2 Å². The molecule has 1 aliphatic rings. The summed E-state index contributed by atoms with van der Waals surface area (Å²) in [4.78, 5) is 20.8. The van der Waals surface area contributed by atoms with Crippen LogP contribution in [0.2, 0.25) is 0 Å². The zero-order chi connectivity index (χ0) is 18.0. The Hall–Kier alpha value is -2.14. The summed E-state index contributed by atoms with van der Waals surface area (Å²) in [6, 6.07) is 8.19. The van der Waals surface area contributed by atoms with Gasteiger partial charge in [0.1, 0.15) is 5.76 Å². The molecule has 134 valence electrons. The van der Waals surface area contributed by atoms with Crippen LogP contribution in [0.4, 0.5) is 0 Å². The quantitative estimate of drug-likeness (QED) is 0.809. The van der Waals surface area contributed by atoms with Crippen LogP contribution in [-0.4, -0.2) is 47.4 Å². The van der Waals surface area contributed by atoms with E-state index in [2.05, 4.69) is 31.0 Å². The van der Waals surface area contributed by atoms with E-state index < -0.39 is 0 Å². The van der Waals surface area contributed by atoms with Crippen molar-refractivity contribution < 1.29 is 9.21 Å². The number of aryl methyl sites for hydroxylation is 2. The molecule has 1 atom stereocenters. The third-order valence-corrected chi connectivity index (χ3v) is 4.82. The molecule has 5 heteroatoms. The van der Waals surface area contributed by atoms with E-state index in [0.717, 1.165) is 43.2 Å². The Labute approximate surface area is 149 Å². The molecule has 0 spiro atoms. The highest BCUT2D eigenvalue weighted by atomic mass is 16.4. The second-order valence-corrected chi connectivity index (χ2v) is 7.09. The van der Waals surface area contributed by atoms with Gasteiger partial charge in [0.15, 0.2) is 0 Å². The fourth-order valence-corrected chi connectivity index (χ4v) is 3.52. The Morgan fingerprint density at radius 3 is 2.84 bits per heavy atom. The summed E-state index contributed by atoms with van der Waals surface area (Å²) >= 11 is 0. The lowest BCUT2D eigenvalue weighted by Gasteiger charge is -2.20. The number of hydrogen-bond donors (Lipinski definition) is 0. The van der Waals surface area contributed by atoms with Gasteiger partial charge >= 0.3 is 0 Å². The summed E-state index contributed by atoms with van der Waals surface area (Å²) in [5.41, 5.74) is 3.17. The fourth-order valence-electron chi connectivity index (χ4n) is 3.52. The van der Waals surface area contributed by atoms with Gasteiger partial charge in [0.05, 0.1) is 5.69 Å². The number of oxazole rings is 1. The lowest BCUT2D eigenvalue weighted by molar-refractivity contribution is -0.127. The zero-order valence-electron chi connectivity index (χ0n) is 15.6. The first kappa shape index (κ1) is 17.7. The minimum atomic E-state index is 0.278. The van der Waals surface area contributed by atoms with Gasteiger partial charge in [0, 0.05) is 38.2 Å². The molecule has 5 nitrogen and oxygen atoms in total. The van der Waals surface area contributed by atoms with Crippen molar-refractivity contribution in [3.63, 3.8) is 0 Å². The topological polar surface area (TPSA) is 49.6 Å². The standard InChI is InChI=1S/C20H27N3O2/c1-5-23-12-16(10-19(23)24)11-22(4)13-18-15(3)25-20(21-18)17-8-6-7-14(2)9-17/h6-9,16H,5,10-13H2,1-4H3/t16-/m0/s1. The first-order chi connectivity index (χ1) is 12.0. The maximum Gasteiger partial charge on any atom is 0.226 e. The molecule has 0 unspecified atom stereocenters. The minimum Gasteiger partial charge on any atom is -0.441 e. The van der Waals surface area contributed by atoms with Crippen LogP contribution in [0.15, 0.2) is 28.7 Å². The molecule has 0 radical (unpaired) electrons. The fraction of sp³-hybridized carbons (Fsp3) is 0.500. The first-order valence-electron chi connectivity index (χ1n) is 8.96. The van der Waals surface area contributed by atoms with E-state index in [-0.39, 0.29) is 5.91 Å². The maximum absolute atomic E-state index is 11.9. The largest absolute Gasteiger partial charge is 0.441 e. The summed E-state index contributed by atoms with van der Waals surface area (Å²) in [5.74, 6) is 2.22. The molecule has 25 heavy (non-hydrogen) atoms. The van der Waals surface area contributed by atoms with E-state index in [9.17, 15) is 4.79 Å². The van der Waals surface area contributed by atoms with Gasteiger partial charge in [-0.15, -0.1) is 0 Å². The van der Waals surface area contributed by atoms with Gasteiger partial charge in [-0.2, -0.15) is 0 Å². The van der Waals surface area contributed by atoms with Crippen molar-refractivity contribution in [2.24, 2.45) is 5.92 Å². The molecular formula is C20H27N3O2. The summed E-state index contributed by atoms with van der Waals surface area (Å²) in [7, 11) is 2.08. The van der Waals surface area contributed by atoms with Crippen molar-refractivity contribution >= 4 is 5.91 Å². The van der Waals surface area contributed by atoms with Crippen molar-refractivity contribution in [1.29, 1.82) is 0 Å².